The Kier molecular flexibility index (Phi) is 5.86. The number of halogens is 1. The molecular formula is C21H21FN2O2S. The molecule has 4 nitrogen and oxygen atoms in total. The lowest BCUT2D eigenvalue weighted by Gasteiger charge is -2.19. The average molecular weight is 384 g/mol. The van der Waals surface area contributed by atoms with E-state index in [1.807, 2.05) is 44.2 Å². The van der Waals surface area contributed by atoms with Gasteiger partial charge in [-0.05, 0) is 43.7 Å². The minimum atomic E-state index is -0.281. The molecule has 0 N–H and O–H groups in total. The Morgan fingerprint density at radius 1 is 1.22 bits per heavy atom. The highest BCUT2D eigenvalue weighted by atomic mass is 32.1. The minimum Gasteiger partial charge on any atom is -0.489 e. The topological polar surface area (TPSA) is 42.4 Å². The maximum atomic E-state index is 13.3. The van der Waals surface area contributed by atoms with Gasteiger partial charge < -0.3 is 9.64 Å². The van der Waals surface area contributed by atoms with E-state index in [0.29, 0.717) is 11.4 Å². The lowest BCUT2D eigenvalue weighted by molar-refractivity contribution is 0.0750. The number of nitrogens with zero attached hydrogens (tertiary/aromatic N) is 2. The van der Waals surface area contributed by atoms with Gasteiger partial charge in [-0.1, -0.05) is 24.3 Å². The highest BCUT2D eigenvalue weighted by Crippen LogP contribution is 2.28. The van der Waals surface area contributed by atoms with Crippen molar-refractivity contribution < 1.29 is 13.9 Å². The summed E-state index contributed by atoms with van der Waals surface area (Å²) in [6, 6.07) is 14.0. The van der Waals surface area contributed by atoms with Gasteiger partial charge in [0, 0.05) is 24.0 Å². The average Bonchev–Trinajstić information content (AvgIpc) is 3.15. The van der Waals surface area contributed by atoms with Crippen molar-refractivity contribution in [3.05, 3.63) is 71.0 Å². The summed E-state index contributed by atoms with van der Waals surface area (Å²) < 4.78 is 19.0. The fourth-order valence-electron chi connectivity index (χ4n) is 2.43. The molecule has 0 aliphatic carbocycles. The summed E-state index contributed by atoms with van der Waals surface area (Å²) in [5, 5.41) is 2.53. The first-order valence-electron chi connectivity index (χ1n) is 8.64. The lowest BCUT2D eigenvalue weighted by Crippen LogP contribution is -2.33. The van der Waals surface area contributed by atoms with Crippen LogP contribution in [0.5, 0.6) is 5.75 Å². The molecule has 0 bridgehead atoms. The highest BCUT2D eigenvalue weighted by molar-refractivity contribution is 7.13. The molecule has 1 heterocycles. The fraction of sp³-hybridized carbons (Fsp3) is 0.238. The summed E-state index contributed by atoms with van der Waals surface area (Å²) >= 11 is 1.42. The van der Waals surface area contributed by atoms with Gasteiger partial charge in [-0.25, -0.2) is 9.37 Å². The van der Waals surface area contributed by atoms with Crippen molar-refractivity contribution in [2.45, 2.75) is 26.5 Å². The second-order valence-electron chi connectivity index (χ2n) is 6.49. The Balaban J connectivity index is 1.73. The van der Waals surface area contributed by atoms with Gasteiger partial charge in [0.1, 0.15) is 28.9 Å². The maximum Gasteiger partial charge on any atom is 0.273 e. The molecule has 0 unspecified atom stereocenters. The molecule has 0 atom stereocenters. The first-order valence-corrected chi connectivity index (χ1v) is 9.52. The Bertz CT molecular complexity index is 939. The minimum absolute atomic E-state index is 0.0917. The third-order valence-corrected chi connectivity index (χ3v) is 5.09. The summed E-state index contributed by atoms with van der Waals surface area (Å²) in [5.74, 6) is 0.293. The van der Waals surface area contributed by atoms with E-state index >= 15 is 0 Å². The molecule has 2 aromatic carbocycles. The zero-order valence-corrected chi connectivity index (χ0v) is 16.3. The van der Waals surface area contributed by atoms with Gasteiger partial charge >= 0.3 is 0 Å². The lowest BCUT2D eigenvalue weighted by atomic mass is 10.2. The van der Waals surface area contributed by atoms with E-state index in [0.717, 1.165) is 16.1 Å². The molecule has 1 amide bonds. The fourth-order valence-corrected chi connectivity index (χ4v) is 3.22. The largest absolute Gasteiger partial charge is 0.489 e. The smallest absolute Gasteiger partial charge is 0.273 e. The van der Waals surface area contributed by atoms with Gasteiger partial charge in [-0.3, -0.25) is 4.79 Å². The number of aromatic nitrogens is 1. The predicted molar refractivity (Wildman–Crippen MR) is 106 cm³/mol. The van der Waals surface area contributed by atoms with Gasteiger partial charge in [-0.15, -0.1) is 11.3 Å². The summed E-state index contributed by atoms with van der Waals surface area (Å²) in [6.07, 6.45) is 0. The van der Waals surface area contributed by atoms with Gasteiger partial charge in [-0.2, -0.15) is 0 Å². The van der Waals surface area contributed by atoms with Crippen molar-refractivity contribution in [1.82, 2.24) is 9.88 Å². The monoisotopic (exact) mass is 384 g/mol. The van der Waals surface area contributed by atoms with Crippen molar-refractivity contribution >= 4 is 17.2 Å². The van der Waals surface area contributed by atoms with Crippen molar-refractivity contribution in [1.29, 1.82) is 0 Å². The van der Waals surface area contributed by atoms with Gasteiger partial charge in [0.15, 0.2) is 0 Å². The molecule has 1 aromatic heterocycles. The zero-order chi connectivity index (χ0) is 19.4. The molecule has 0 saturated heterocycles. The number of carbonyl (C=O) groups excluding carboxylic acids is 1. The molecule has 0 spiro atoms. The summed E-state index contributed by atoms with van der Waals surface area (Å²) in [6.45, 7) is 4.21. The first-order chi connectivity index (χ1) is 12.9. The summed E-state index contributed by atoms with van der Waals surface area (Å²) in [5.41, 5.74) is 2.08. The van der Waals surface area contributed by atoms with Crippen LogP contribution >= 0.6 is 11.3 Å². The summed E-state index contributed by atoms with van der Waals surface area (Å²) in [4.78, 5) is 18.5. The zero-order valence-electron chi connectivity index (χ0n) is 15.5. The van der Waals surface area contributed by atoms with E-state index in [1.54, 1.807) is 23.4 Å². The quantitative estimate of drug-likeness (QED) is 0.600. The van der Waals surface area contributed by atoms with E-state index in [-0.39, 0.29) is 24.4 Å². The van der Waals surface area contributed by atoms with Crippen LogP contribution < -0.4 is 4.74 Å². The number of amides is 1. The molecule has 0 fully saturated rings. The molecule has 140 valence electrons. The Morgan fingerprint density at radius 2 is 2.00 bits per heavy atom. The number of benzene rings is 2. The van der Waals surface area contributed by atoms with Crippen LogP contribution in [0.4, 0.5) is 4.39 Å². The van der Waals surface area contributed by atoms with E-state index in [2.05, 4.69) is 4.98 Å². The standard InChI is InChI=1S/C21H21FN2O2S/c1-14(2)24(3)21(25)19-13-27-20(23-19)16-7-5-9-18(11-16)26-12-15-6-4-8-17(22)10-15/h4-11,13-14H,12H2,1-3H3. The number of carbonyl (C=O) groups is 1. The van der Waals surface area contributed by atoms with E-state index in [1.165, 1.54) is 23.5 Å². The molecule has 6 heteroatoms. The van der Waals surface area contributed by atoms with Crippen LogP contribution in [0.25, 0.3) is 10.6 Å². The second-order valence-corrected chi connectivity index (χ2v) is 7.35. The van der Waals surface area contributed by atoms with Crippen molar-refractivity contribution in [2.24, 2.45) is 0 Å². The third-order valence-electron chi connectivity index (χ3n) is 4.19. The van der Waals surface area contributed by atoms with Crippen molar-refractivity contribution in [3.63, 3.8) is 0 Å². The van der Waals surface area contributed by atoms with Gasteiger partial charge in [0.25, 0.3) is 5.91 Å². The molecule has 0 saturated carbocycles. The van der Waals surface area contributed by atoms with Crippen LogP contribution in [-0.4, -0.2) is 28.9 Å². The third kappa shape index (κ3) is 4.71. The van der Waals surface area contributed by atoms with Crippen LogP contribution in [0.15, 0.2) is 53.9 Å². The van der Waals surface area contributed by atoms with E-state index in [4.69, 9.17) is 4.74 Å². The van der Waals surface area contributed by atoms with E-state index < -0.39 is 0 Å². The summed E-state index contributed by atoms with van der Waals surface area (Å²) in [7, 11) is 1.77. The van der Waals surface area contributed by atoms with Crippen LogP contribution in [0.3, 0.4) is 0 Å². The van der Waals surface area contributed by atoms with E-state index in [9.17, 15) is 9.18 Å². The number of hydrogen-bond acceptors (Lipinski definition) is 4. The highest BCUT2D eigenvalue weighted by Gasteiger charge is 2.18. The molecule has 27 heavy (non-hydrogen) atoms. The van der Waals surface area contributed by atoms with Gasteiger partial charge in [0.05, 0.1) is 0 Å². The van der Waals surface area contributed by atoms with Crippen molar-refractivity contribution in [2.75, 3.05) is 7.05 Å². The first kappa shape index (κ1) is 19.0. The molecule has 3 aromatic rings. The van der Waals surface area contributed by atoms with Gasteiger partial charge in [0.2, 0.25) is 0 Å². The number of hydrogen-bond donors (Lipinski definition) is 0. The molecule has 0 aliphatic rings. The van der Waals surface area contributed by atoms with Crippen LogP contribution in [0.2, 0.25) is 0 Å². The number of ether oxygens (including phenoxy) is 1. The predicted octanol–water partition coefficient (Wildman–Crippen LogP) is 5.01. The number of rotatable bonds is 6. The molecular weight excluding hydrogens is 363 g/mol. The number of thiazole rings is 1. The molecule has 3 rings (SSSR count). The maximum absolute atomic E-state index is 13.3. The Labute approximate surface area is 162 Å². The Hall–Kier alpha value is -2.73. The molecule has 0 aliphatic heterocycles. The Morgan fingerprint density at radius 3 is 2.74 bits per heavy atom. The SMILES string of the molecule is CC(C)N(C)C(=O)c1csc(-c2cccc(OCc3cccc(F)c3)c2)n1. The normalized spacial score (nSPS) is 10.9. The van der Waals surface area contributed by atoms with Crippen LogP contribution in [-0.2, 0) is 6.61 Å². The second kappa shape index (κ2) is 8.31. The van der Waals surface area contributed by atoms with Crippen molar-refractivity contribution in [3.8, 4) is 16.3 Å². The van der Waals surface area contributed by atoms with Crippen LogP contribution in [0.1, 0.15) is 29.9 Å². The molecule has 0 radical (unpaired) electrons. The van der Waals surface area contributed by atoms with Crippen LogP contribution in [0, 0.1) is 5.82 Å².